The van der Waals surface area contributed by atoms with Crippen molar-refractivity contribution in [2.45, 2.75) is 26.2 Å². The third kappa shape index (κ3) is 3.88. The molecule has 0 saturated heterocycles. The zero-order valence-electron chi connectivity index (χ0n) is 11.5. The monoisotopic (exact) mass is 289 g/mol. The first kappa shape index (κ1) is 14.7. The van der Waals surface area contributed by atoms with E-state index in [0.29, 0.717) is 11.4 Å². The molecule has 2 rings (SSSR count). The van der Waals surface area contributed by atoms with Crippen molar-refractivity contribution in [1.29, 1.82) is 0 Å². The first-order valence-electron chi connectivity index (χ1n) is 6.58. The quantitative estimate of drug-likeness (QED) is 0.475. The van der Waals surface area contributed by atoms with Crippen LogP contribution in [-0.2, 0) is 6.42 Å². The van der Waals surface area contributed by atoms with Crippen LogP contribution in [-0.4, -0.2) is 10.0 Å². The standard InChI is InChI=1S/C14H15N3O4/c1-2-3-4-12-9-13(14(18)21-12)16-15-10-5-7-11(8-6-10)17(19)20/h5-9,18H,2-4H2,1H3. The van der Waals surface area contributed by atoms with Crippen LogP contribution in [0.15, 0.2) is 45.0 Å². The van der Waals surface area contributed by atoms with Crippen LogP contribution in [0.4, 0.5) is 17.1 Å². The Morgan fingerprint density at radius 3 is 2.62 bits per heavy atom. The van der Waals surface area contributed by atoms with E-state index in [1.807, 2.05) is 0 Å². The highest BCUT2D eigenvalue weighted by Crippen LogP contribution is 2.32. The molecule has 1 N–H and O–H groups in total. The summed E-state index contributed by atoms with van der Waals surface area (Å²) in [6, 6.07) is 7.29. The smallest absolute Gasteiger partial charge is 0.310 e. The van der Waals surface area contributed by atoms with Crippen molar-refractivity contribution in [3.05, 3.63) is 46.2 Å². The number of non-ortho nitro benzene ring substituents is 1. The Kier molecular flexibility index (Phi) is 4.65. The van der Waals surface area contributed by atoms with Crippen molar-refractivity contribution in [3.63, 3.8) is 0 Å². The first-order valence-corrected chi connectivity index (χ1v) is 6.58. The number of nitro benzene ring substituents is 1. The molecular weight excluding hydrogens is 274 g/mol. The Labute approximate surface area is 121 Å². The number of benzene rings is 1. The Balaban J connectivity index is 2.09. The fourth-order valence-corrected chi connectivity index (χ4v) is 1.72. The van der Waals surface area contributed by atoms with Crippen LogP contribution in [0.3, 0.4) is 0 Å². The van der Waals surface area contributed by atoms with Crippen molar-refractivity contribution in [3.8, 4) is 5.95 Å². The molecule has 1 heterocycles. The van der Waals surface area contributed by atoms with Crippen molar-refractivity contribution in [1.82, 2.24) is 0 Å². The maximum atomic E-state index is 10.5. The molecule has 0 aliphatic rings. The lowest BCUT2D eigenvalue weighted by atomic mass is 10.2. The van der Waals surface area contributed by atoms with Gasteiger partial charge in [0.1, 0.15) is 5.76 Å². The topological polar surface area (TPSA) is 101 Å². The van der Waals surface area contributed by atoms with Crippen LogP contribution in [0, 0.1) is 10.1 Å². The molecule has 7 nitrogen and oxygen atoms in total. The van der Waals surface area contributed by atoms with Crippen LogP contribution >= 0.6 is 0 Å². The van der Waals surface area contributed by atoms with E-state index in [1.165, 1.54) is 24.3 Å². The fraction of sp³-hybridized carbons (Fsp3) is 0.286. The van der Waals surface area contributed by atoms with E-state index in [9.17, 15) is 15.2 Å². The summed E-state index contributed by atoms with van der Waals surface area (Å²) in [5.74, 6) is 0.388. The molecule has 110 valence electrons. The van der Waals surface area contributed by atoms with E-state index >= 15 is 0 Å². The van der Waals surface area contributed by atoms with Gasteiger partial charge in [-0.05, 0) is 18.6 Å². The molecule has 0 aliphatic heterocycles. The number of aromatic hydroxyl groups is 1. The molecule has 0 saturated carbocycles. The summed E-state index contributed by atoms with van der Waals surface area (Å²) in [4.78, 5) is 10.0. The molecule has 1 aromatic heterocycles. The second-order valence-corrected chi connectivity index (χ2v) is 4.48. The lowest BCUT2D eigenvalue weighted by Crippen LogP contribution is -1.85. The number of unbranched alkanes of at least 4 members (excludes halogenated alkanes) is 1. The van der Waals surface area contributed by atoms with Gasteiger partial charge in [0.15, 0.2) is 5.69 Å². The summed E-state index contributed by atoms with van der Waals surface area (Å²) in [6.07, 6.45) is 2.73. The SMILES string of the molecule is CCCCc1cc(N=Nc2ccc([N+](=O)[O-])cc2)c(O)o1. The zero-order chi connectivity index (χ0) is 15.2. The van der Waals surface area contributed by atoms with Crippen molar-refractivity contribution >= 4 is 17.1 Å². The van der Waals surface area contributed by atoms with Gasteiger partial charge >= 0.3 is 5.95 Å². The molecule has 0 bridgehead atoms. The van der Waals surface area contributed by atoms with Gasteiger partial charge in [-0.3, -0.25) is 10.1 Å². The van der Waals surface area contributed by atoms with Crippen LogP contribution in [0.2, 0.25) is 0 Å². The molecule has 2 aromatic rings. The lowest BCUT2D eigenvalue weighted by Gasteiger charge is -1.92. The average Bonchev–Trinajstić information content (AvgIpc) is 2.83. The number of rotatable bonds is 6. The largest absolute Gasteiger partial charge is 0.479 e. The minimum atomic E-state index is -0.483. The maximum Gasteiger partial charge on any atom is 0.310 e. The summed E-state index contributed by atoms with van der Waals surface area (Å²) in [5, 5.41) is 28.0. The highest BCUT2D eigenvalue weighted by atomic mass is 16.6. The number of hydrogen-bond acceptors (Lipinski definition) is 6. The van der Waals surface area contributed by atoms with Crippen molar-refractivity contribution in [2.24, 2.45) is 10.2 Å². The zero-order valence-corrected chi connectivity index (χ0v) is 11.5. The molecule has 0 atom stereocenters. The van der Waals surface area contributed by atoms with E-state index in [0.717, 1.165) is 19.3 Å². The first-order chi connectivity index (χ1) is 10.1. The molecule has 1 aromatic carbocycles. The number of aryl methyl sites for hydroxylation is 1. The number of azo groups is 1. The van der Waals surface area contributed by atoms with Crippen molar-refractivity contribution in [2.75, 3.05) is 0 Å². The van der Waals surface area contributed by atoms with Crippen LogP contribution < -0.4 is 0 Å². The van der Waals surface area contributed by atoms with Gasteiger partial charge in [0.25, 0.3) is 5.69 Å². The Morgan fingerprint density at radius 2 is 2.00 bits per heavy atom. The van der Waals surface area contributed by atoms with Gasteiger partial charge in [0.05, 0.1) is 10.6 Å². The summed E-state index contributed by atoms with van der Waals surface area (Å²) >= 11 is 0. The van der Waals surface area contributed by atoms with Gasteiger partial charge in [-0.25, -0.2) is 0 Å². The van der Waals surface area contributed by atoms with Gasteiger partial charge < -0.3 is 9.52 Å². The van der Waals surface area contributed by atoms with Crippen LogP contribution in [0.25, 0.3) is 0 Å². The summed E-state index contributed by atoms with van der Waals surface area (Å²) in [5.41, 5.74) is 0.692. The van der Waals surface area contributed by atoms with Gasteiger partial charge in [0, 0.05) is 24.6 Å². The van der Waals surface area contributed by atoms with E-state index in [1.54, 1.807) is 6.07 Å². The predicted octanol–water partition coefficient (Wildman–Crippen LogP) is 4.65. The second-order valence-electron chi connectivity index (χ2n) is 4.48. The summed E-state index contributed by atoms with van der Waals surface area (Å²) in [6.45, 7) is 2.07. The fourth-order valence-electron chi connectivity index (χ4n) is 1.72. The third-order valence-electron chi connectivity index (χ3n) is 2.86. The van der Waals surface area contributed by atoms with E-state index in [4.69, 9.17) is 4.42 Å². The Bertz CT molecular complexity index is 647. The molecule has 7 heteroatoms. The third-order valence-corrected chi connectivity index (χ3v) is 2.86. The summed E-state index contributed by atoms with van der Waals surface area (Å²) in [7, 11) is 0. The second kappa shape index (κ2) is 6.65. The number of furan rings is 1. The molecule has 0 unspecified atom stereocenters. The molecule has 21 heavy (non-hydrogen) atoms. The minimum absolute atomic E-state index is 0.0121. The number of nitrogens with zero attached hydrogens (tertiary/aromatic N) is 3. The predicted molar refractivity (Wildman–Crippen MR) is 76.3 cm³/mol. The Hall–Kier alpha value is -2.70. The van der Waals surface area contributed by atoms with Crippen molar-refractivity contribution < 1.29 is 14.4 Å². The lowest BCUT2D eigenvalue weighted by molar-refractivity contribution is -0.384. The normalized spacial score (nSPS) is 11.1. The molecule has 0 fully saturated rings. The maximum absolute atomic E-state index is 10.5. The minimum Gasteiger partial charge on any atom is -0.479 e. The highest BCUT2D eigenvalue weighted by Gasteiger charge is 2.09. The molecule has 0 radical (unpaired) electrons. The highest BCUT2D eigenvalue weighted by molar-refractivity contribution is 5.48. The molecular formula is C14H15N3O4. The van der Waals surface area contributed by atoms with Gasteiger partial charge in [-0.15, -0.1) is 5.11 Å². The molecule has 0 amide bonds. The van der Waals surface area contributed by atoms with Gasteiger partial charge in [0.2, 0.25) is 0 Å². The van der Waals surface area contributed by atoms with Gasteiger partial charge in [-0.1, -0.05) is 13.3 Å². The van der Waals surface area contributed by atoms with E-state index in [-0.39, 0.29) is 17.3 Å². The van der Waals surface area contributed by atoms with Gasteiger partial charge in [-0.2, -0.15) is 5.11 Å². The van der Waals surface area contributed by atoms with E-state index in [2.05, 4.69) is 17.2 Å². The van der Waals surface area contributed by atoms with Crippen LogP contribution in [0.5, 0.6) is 5.95 Å². The van der Waals surface area contributed by atoms with Crippen LogP contribution in [0.1, 0.15) is 25.5 Å². The van der Waals surface area contributed by atoms with E-state index < -0.39 is 4.92 Å². The molecule has 0 spiro atoms. The Morgan fingerprint density at radius 1 is 1.29 bits per heavy atom. The average molecular weight is 289 g/mol. The number of nitro groups is 1. The number of hydrogen-bond donors (Lipinski definition) is 1. The summed E-state index contributed by atoms with van der Waals surface area (Å²) < 4.78 is 5.17. The molecule has 0 aliphatic carbocycles.